The van der Waals surface area contributed by atoms with Crippen LogP contribution in [0.25, 0.3) is 0 Å². The summed E-state index contributed by atoms with van der Waals surface area (Å²) in [6.07, 6.45) is 0. The molecule has 174 valence electrons. The number of carbonyl (C=O) groups is 3. The van der Waals surface area contributed by atoms with Crippen LogP contribution in [0.4, 0.5) is 15.8 Å². The highest BCUT2D eigenvalue weighted by Gasteiger charge is 2.13. The molecule has 3 aromatic rings. The Hall–Kier alpha value is -4.53. The highest BCUT2D eigenvalue weighted by Crippen LogP contribution is 2.16. The van der Waals surface area contributed by atoms with Crippen molar-refractivity contribution in [2.45, 2.75) is 20.5 Å². The van der Waals surface area contributed by atoms with Crippen LogP contribution in [-0.2, 0) is 21.0 Å². The summed E-state index contributed by atoms with van der Waals surface area (Å²) in [6.45, 7) is 3.16. The number of hydrogen-bond donors (Lipinski definition) is 3. The number of hydrazone groups is 1. The second-order valence-corrected chi connectivity index (χ2v) is 7.26. The summed E-state index contributed by atoms with van der Waals surface area (Å²) in [5.74, 6) is -1.82. The van der Waals surface area contributed by atoms with Gasteiger partial charge >= 0.3 is 11.8 Å². The molecule has 3 N–H and O–H groups in total. The number of rotatable bonds is 7. The molecule has 34 heavy (non-hydrogen) atoms. The van der Waals surface area contributed by atoms with Gasteiger partial charge in [0.1, 0.15) is 18.2 Å². The molecule has 8 nitrogen and oxygen atoms in total. The number of benzene rings is 3. The molecule has 0 saturated carbocycles. The number of amides is 3. The van der Waals surface area contributed by atoms with Gasteiger partial charge in [0.2, 0.25) is 5.91 Å². The van der Waals surface area contributed by atoms with Crippen LogP contribution in [0.2, 0.25) is 0 Å². The standard InChI is InChI=1S/C25H23FN4O4/c1-16(18-7-13-22(14-8-18)34-15-19-5-3-4-6-23(19)26)29-30-25(33)24(32)28-21-11-9-20(10-12-21)27-17(2)31/h3-14H,15H2,1-2H3,(H,27,31)(H,28,32)(H,30,33). The lowest BCUT2D eigenvalue weighted by molar-refractivity contribution is -0.136. The van der Waals surface area contributed by atoms with Crippen molar-refractivity contribution in [1.29, 1.82) is 0 Å². The molecule has 0 heterocycles. The Kier molecular flexibility index (Phi) is 8.07. The van der Waals surface area contributed by atoms with E-state index in [4.69, 9.17) is 4.74 Å². The molecule has 3 rings (SSSR count). The van der Waals surface area contributed by atoms with Crippen LogP contribution in [0.5, 0.6) is 5.75 Å². The topological polar surface area (TPSA) is 109 Å². The van der Waals surface area contributed by atoms with Crippen molar-refractivity contribution >= 4 is 34.8 Å². The highest BCUT2D eigenvalue weighted by atomic mass is 19.1. The van der Waals surface area contributed by atoms with Crippen molar-refractivity contribution < 1.29 is 23.5 Å². The van der Waals surface area contributed by atoms with E-state index in [1.165, 1.54) is 13.0 Å². The molecule has 0 fully saturated rings. The van der Waals surface area contributed by atoms with Gasteiger partial charge < -0.3 is 15.4 Å². The van der Waals surface area contributed by atoms with Crippen molar-refractivity contribution in [2.24, 2.45) is 5.10 Å². The summed E-state index contributed by atoms with van der Waals surface area (Å²) >= 11 is 0. The number of nitrogens with zero attached hydrogens (tertiary/aromatic N) is 1. The first kappa shape index (κ1) is 24.1. The molecule has 0 aromatic heterocycles. The van der Waals surface area contributed by atoms with Crippen molar-refractivity contribution in [3.8, 4) is 5.75 Å². The Bertz CT molecular complexity index is 1210. The Labute approximate surface area is 195 Å². The van der Waals surface area contributed by atoms with Crippen LogP contribution in [0.1, 0.15) is 25.0 Å². The van der Waals surface area contributed by atoms with E-state index in [-0.39, 0.29) is 18.3 Å². The van der Waals surface area contributed by atoms with Crippen LogP contribution in [0, 0.1) is 5.82 Å². The molecule has 9 heteroatoms. The van der Waals surface area contributed by atoms with Crippen molar-refractivity contribution in [2.75, 3.05) is 10.6 Å². The monoisotopic (exact) mass is 462 g/mol. The van der Waals surface area contributed by atoms with Gasteiger partial charge in [-0.2, -0.15) is 5.10 Å². The molecule has 3 amide bonds. The molecule has 0 spiro atoms. The Morgan fingerprint density at radius 1 is 0.824 bits per heavy atom. The quantitative estimate of drug-likeness (QED) is 0.282. The molecular formula is C25H23FN4O4. The molecule has 0 saturated heterocycles. The number of nitrogens with one attached hydrogen (secondary N) is 3. The van der Waals surface area contributed by atoms with E-state index in [9.17, 15) is 18.8 Å². The maximum absolute atomic E-state index is 13.7. The zero-order valence-corrected chi connectivity index (χ0v) is 18.6. The van der Waals surface area contributed by atoms with Gasteiger partial charge in [-0.3, -0.25) is 14.4 Å². The molecule has 0 atom stereocenters. The minimum atomic E-state index is -0.935. The summed E-state index contributed by atoms with van der Waals surface area (Å²) in [6, 6.07) is 19.6. The van der Waals surface area contributed by atoms with Gasteiger partial charge in [0.15, 0.2) is 0 Å². The fourth-order valence-electron chi connectivity index (χ4n) is 2.85. The van der Waals surface area contributed by atoms with Gasteiger partial charge in [0.05, 0.1) is 5.71 Å². The van der Waals surface area contributed by atoms with Gasteiger partial charge in [-0.1, -0.05) is 18.2 Å². The molecule has 0 unspecified atom stereocenters. The van der Waals surface area contributed by atoms with Gasteiger partial charge in [-0.25, -0.2) is 9.82 Å². The molecular weight excluding hydrogens is 439 g/mol. The average molecular weight is 462 g/mol. The molecule has 3 aromatic carbocycles. The smallest absolute Gasteiger partial charge is 0.329 e. The minimum absolute atomic E-state index is 0.0974. The average Bonchev–Trinajstić information content (AvgIpc) is 2.83. The number of halogens is 1. The van der Waals surface area contributed by atoms with Gasteiger partial charge in [-0.15, -0.1) is 0 Å². The summed E-state index contributed by atoms with van der Waals surface area (Å²) in [7, 11) is 0. The van der Waals surface area contributed by atoms with E-state index in [2.05, 4.69) is 21.2 Å². The first-order chi connectivity index (χ1) is 16.3. The molecule has 0 aliphatic heterocycles. The highest BCUT2D eigenvalue weighted by molar-refractivity contribution is 6.39. The third kappa shape index (κ3) is 6.99. The second-order valence-electron chi connectivity index (χ2n) is 7.26. The first-order valence-corrected chi connectivity index (χ1v) is 10.3. The van der Waals surface area contributed by atoms with Crippen molar-refractivity contribution in [1.82, 2.24) is 5.43 Å². The minimum Gasteiger partial charge on any atom is -0.489 e. The van der Waals surface area contributed by atoms with Crippen molar-refractivity contribution in [3.05, 3.63) is 89.7 Å². The maximum Gasteiger partial charge on any atom is 0.329 e. The molecule has 0 aliphatic carbocycles. The molecule has 0 bridgehead atoms. The van der Waals surface area contributed by atoms with E-state index >= 15 is 0 Å². The molecule has 0 radical (unpaired) electrons. The van der Waals surface area contributed by atoms with E-state index < -0.39 is 11.8 Å². The Morgan fingerprint density at radius 2 is 1.44 bits per heavy atom. The third-order valence-electron chi connectivity index (χ3n) is 4.62. The van der Waals surface area contributed by atoms with Crippen molar-refractivity contribution in [3.63, 3.8) is 0 Å². The van der Waals surface area contributed by atoms with Crippen LogP contribution >= 0.6 is 0 Å². The number of carbonyl (C=O) groups excluding carboxylic acids is 3. The normalized spacial score (nSPS) is 10.9. The predicted octanol–water partition coefficient (Wildman–Crippen LogP) is 3.84. The van der Waals surface area contributed by atoms with E-state index in [0.29, 0.717) is 34.0 Å². The van der Waals surface area contributed by atoms with Gasteiger partial charge in [0, 0.05) is 23.9 Å². The zero-order valence-electron chi connectivity index (χ0n) is 18.6. The van der Waals surface area contributed by atoms with E-state index in [1.54, 1.807) is 73.7 Å². The molecule has 0 aliphatic rings. The SMILES string of the molecule is CC(=O)Nc1ccc(NC(=O)C(=O)NN=C(C)c2ccc(OCc3ccccc3F)cc2)cc1. The zero-order chi connectivity index (χ0) is 24.5. The lowest BCUT2D eigenvalue weighted by Crippen LogP contribution is -2.32. The summed E-state index contributed by atoms with van der Waals surface area (Å²) < 4.78 is 19.3. The maximum atomic E-state index is 13.7. The van der Waals surface area contributed by atoms with E-state index in [0.717, 1.165) is 0 Å². The summed E-state index contributed by atoms with van der Waals surface area (Å²) in [5, 5.41) is 9.01. The predicted molar refractivity (Wildman–Crippen MR) is 127 cm³/mol. The Balaban J connectivity index is 1.51. The van der Waals surface area contributed by atoms with Crippen LogP contribution in [0.3, 0.4) is 0 Å². The van der Waals surface area contributed by atoms with Crippen LogP contribution in [0.15, 0.2) is 77.9 Å². The lowest BCUT2D eigenvalue weighted by Gasteiger charge is -2.08. The van der Waals surface area contributed by atoms with Gasteiger partial charge in [-0.05, 0) is 67.1 Å². The van der Waals surface area contributed by atoms with E-state index in [1.807, 2.05) is 0 Å². The van der Waals surface area contributed by atoms with Crippen LogP contribution in [-0.4, -0.2) is 23.4 Å². The van der Waals surface area contributed by atoms with Crippen LogP contribution < -0.4 is 20.8 Å². The number of hydrogen-bond acceptors (Lipinski definition) is 5. The largest absolute Gasteiger partial charge is 0.489 e. The fraction of sp³-hybridized carbons (Fsp3) is 0.120. The fourth-order valence-corrected chi connectivity index (χ4v) is 2.85. The third-order valence-corrected chi connectivity index (χ3v) is 4.62. The number of ether oxygens (including phenoxy) is 1. The van der Waals surface area contributed by atoms with Gasteiger partial charge in [0.25, 0.3) is 0 Å². The second kappa shape index (κ2) is 11.4. The summed E-state index contributed by atoms with van der Waals surface area (Å²) in [4.78, 5) is 35.2. The summed E-state index contributed by atoms with van der Waals surface area (Å²) in [5.41, 5.74) is 4.80. The Morgan fingerprint density at radius 3 is 2.06 bits per heavy atom. The number of anilines is 2. The lowest BCUT2D eigenvalue weighted by atomic mass is 10.1. The first-order valence-electron chi connectivity index (χ1n) is 10.3.